The van der Waals surface area contributed by atoms with Gasteiger partial charge >= 0.3 is 0 Å². The van der Waals surface area contributed by atoms with Crippen molar-refractivity contribution in [3.8, 4) is 0 Å². The monoisotopic (exact) mass is 400 g/mol. The summed E-state index contributed by atoms with van der Waals surface area (Å²) in [5.74, 6) is -2.28. The lowest BCUT2D eigenvalue weighted by atomic mass is 9.99. The van der Waals surface area contributed by atoms with Crippen molar-refractivity contribution in [2.24, 2.45) is 0 Å². The number of quaternary nitrogens is 1. The summed E-state index contributed by atoms with van der Waals surface area (Å²) in [7, 11) is 0. The maximum absolute atomic E-state index is 13.2. The lowest BCUT2D eigenvalue weighted by molar-refractivity contribution is -0.907. The summed E-state index contributed by atoms with van der Waals surface area (Å²) in [6.45, 7) is 3.91. The number of ketones is 1. The Morgan fingerprint density at radius 2 is 1.90 bits per heavy atom. The van der Waals surface area contributed by atoms with Gasteiger partial charge in [0.25, 0.3) is 5.91 Å². The second kappa shape index (κ2) is 8.18. The molecule has 8 heteroatoms. The molecule has 2 fully saturated rings. The zero-order valence-electron chi connectivity index (χ0n) is 15.7. The van der Waals surface area contributed by atoms with Crippen LogP contribution in [0.4, 0.5) is 4.39 Å². The van der Waals surface area contributed by atoms with E-state index in [2.05, 4.69) is 0 Å². The first kappa shape index (κ1) is 19.4. The number of hydrogen-bond acceptors (Lipinski definition) is 5. The number of morpholine rings is 1. The summed E-state index contributed by atoms with van der Waals surface area (Å²) in [5, 5.41) is 13.0. The minimum atomic E-state index is -0.886. The van der Waals surface area contributed by atoms with Gasteiger partial charge in [0, 0.05) is 5.57 Å². The number of benzene rings is 1. The van der Waals surface area contributed by atoms with E-state index in [1.54, 1.807) is 12.1 Å². The van der Waals surface area contributed by atoms with Crippen molar-refractivity contribution in [3.05, 3.63) is 65.4 Å². The molecule has 7 nitrogen and oxygen atoms in total. The van der Waals surface area contributed by atoms with E-state index in [0.717, 1.165) is 25.2 Å². The minimum Gasteiger partial charge on any atom is -0.872 e. The van der Waals surface area contributed by atoms with Gasteiger partial charge in [-0.15, -0.1) is 0 Å². The third-order valence-electron chi connectivity index (χ3n) is 5.35. The van der Waals surface area contributed by atoms with Gasteiger partial charge in [0.1, 0.15) is 30.7 Å². The molecule has 1 unspecified atom stereocenters. The highest BCUT2D eigenvalue weighted by Gasteiger charge is 2.45. The first-order valence-electron chi connectivity index (χ1n) is 9.53. The fraction of sp³-hybridized carbons (Fsp3) is 0.333. The summed E-state index contributed by atoms with van der Waals surface area (Å²) in [4.78, 5) is 28.2. The quantitative estimate of drug-likeness (QED) is 0.418. The molecular weight excluding hydrogens is 379 g/mol. The molecular formula is C21H21FN2O5. The fourth-order valence-corrected chi connectivity index (χ4v) is 3.79. The topological polar surface area (TPSA) is 87.2 Å². The van der Waals surface area contributed by atoms with Gasteiger partial charge in [0.2, 0.25) is 5.78 Å². The average molecular weight is 400 g/mol. The molecule has 0 saturated carbocycles. The maximum atomic E-state index is 13.2. The number of nitrogens with zero attached hydrogens (tertiary/aromatic N) is 1. The van der Waals surface area contributed by atoms with Gasteiger partial charge in [0.15, 0.2) is 0 Å². The average Bonchev–Trinajstić information content (AvgIpc) is 3.35. The number of likely N-dealkylation sites (tertiary alicyclic amines) is 1. The highest BCUT2D eigenvalue weighted by Crippen LogP contribution is 2.38. The molecule has 2 saturated heterocycles. The number of amides is 1. The summed E-state index contributed by atoms with van der Waals surface area (Å²) >= 11 is 0. The standard InChI is InChI=1S/C21H21FN2O5/c22-15-5-3-14(4-6-15)19(25)17-18(16-2-1-11-29-16)24(21(27)20(17)26)8-7-23-9-12-28-13-10-23/h1-6,11,18,25H,7-10,12-13H2. The van der Waals surface area contributed by atoms with Crippen molar-refractivity contribution >= 4 is 17.4 Å². The zero-order chi connectivity index (χ0) is 20.4. The van der Waals surface area contributed by atoms with E-state index < -0.39 is 29.3 Å². The smallest absolute Gasteiger partial charge is 0.295 e. The van der Waals surface area contributed by atoms with Crippen molar-refractivity contribution in [3.63, 3.8) is 0 Å². The van der Waals surface area contributed by atoms with E-state index in [0.29, 0.717) is 32.1 Å². The first-order valence-corrected chi connectivity index (χ1v) is 9.53. The van der Waals surface area contributed by atoms with Gasteiger partial charge in [-0.25, -0.2) is 4.39 Å². The predicted molar refractivity (Wildman–Crippen MR) is 97.9 cm³/mol. The van der Waals surface area contributed by atoms with Crippen LogP contribution in [-0.2, 0) is 14.3 Å². The summed E-state index contributed by atoms with van der Waals surface area (Å²) in [5.41, 5.74) is -0.00621. The third-order valence-corrected chi connectivity index (χ3v) is 5.35. The molecule has 2 aromatic rings. The number of ether oxygens (including phenoxy) is 1. The Morgan fingerprint density at radius 3 is 2.55 bits per heavy atom. The normalized spacial score (nSPS) is 22.4. The van der Waals surface area contributed by atoms with Crippen molar-refractivity contribution in [1.29, 1.82) is 0 Å². The van der Waals surface area contributed by atoms with Gasteiger partial charge in [-0.3, -0.25) is 9.59 Å². The molecule has 4 rings (SSSR count). The summed E-state index contributed by atoms with van der Waals surface area (Å²) in [6, 6.07) is 7.32. The number of nitrogens with one attached hydrogen (secondary N) is 1. The molecule has 0 bridgehead atoms. The molecule has 1 atom stereocenters. The molecule has 1 aromatic heterocycles. The number of carbonyl (C=O) groups is 2. The van der Waals surface area contributed by atoms with E-state index in [-0.39, 0.29) is 11.1 Å². The van der Waals surface area contributed by atoms with Crippen LogP contribution in [0.3, 0.4) is 0 Å². The number of rotatable bonds is 5. The molecule has 3 heterocycles. The Labute approximate surface area is 167 Å². The van der Waals surface area contributed by atoms with E-state index in [1.807, 2.05) is 0 Å². The van der Waals surface area contributed by atoms with Crippen LogP contribution in [0.5, 0.6) is 0 Å². The number of halogens is 1. The zero-order valence-corrected chi connectivity index (χ0v) is 15.7. The largest absolute Gasteiger partial charge is 0.872 e. The van der Waals surface area contributed by atoms with Crippen LogP contribution in [-0.4, -0.2) is 56.0 Å². The predicted octanol–water partition coefficient (Wildman–Crippen LogP) is -0.442. The molecule has 2 aliphatic rings. The van der Waals surface area contributed by atoms with Crippen LogP contribution >= 0.6 is 0 Å². The van der Waals surface area contributed by atoms with Crippen molar-refractivity contribution < 1.29 is 33.1 Å². The van der Waals surface area contributed by atoms with Gasteiger partial charge in [-0.05, 0) is 29.8 Å². The molecule has 0 spiro atoms. The lowest BCUT2D eigenvalue weighted by Gasteiger charge is -2.29. The molecule has 2 aliphatic heterocycles. The summed E-state index contributed by atoms with van der Waals surface area (Å²) in [6.07, 6.45) is 1.44. The third kappa shape index (κ3) is 3.81. The van der Waals surface area contributed by atoms with E-state index in [9.17, 15) is 19.1 Å². The number of carbonyl (C=O) groups excluding carboxylic acids is 2. The Balaban J connectivity index is 1.68. The Hall–Kier alpha value is -2.97. The number of Topliss-reactive ketones (excluding diaryl/α,β-unsaturated/α-hetero) is 1. The fourth-order valence-electron chi connectivity index (χ4n) is 3.79. The van der Waals surface area contributed by atoms with Crippen LogP contribution in [0, 0.1) is 5.82 Å². The molecule has 0 aliphatic carbocycles. The van der Waals surface area contributed by atoms with E-state index in [1.165, 1.54) is 28.2 Å². The van der Waals surface area contributed by atoms with Crippen LogP contribution < -0.4 is 10.0 Å². The highest BCUT2D eigenvalue weighted by atomic mass is 19.1. The van der Waals surface area contributed by atoms with Gasteiger partial charge in [0.05, 0.1) is 32.6 Å². The van der Waals surface area contributed by atoms with Gasteiger partial charge in [-0.2, -0.15) is 0 Å². The second-order valence-corrected chi connectivity index (χ2v) is 7.11. The van der Waals surface area contributed by atoms with E-state index in [4.69, 9.17) is 9.15 Å². The first-order chi connectivity index (χ1) is 14.1. The Bertz CT molecular complexity index is 917. The maximum Gasteiger partial charge on any atom is 0.295 e. The summed E-state index contributed by atoms with van der Waals surface area (Å²) < 4.78 is 24.0. The van der Waals surface area contributed by atoms with Crippen molar-refractivity contribution in [1.82, 2.24) is 4.90 Å². The van der Waals surface area contributed by atoms with E-state index >= 15 is 0 Å². The highest BCUT2D eigenvalue weighted by molar-refractivity contribution is 6.46. The number of hydrogen-bond donors (Lipinski definition) is 1. The number of furan rings is 1. The SMILES string of the molecule is O=C1C(=O)N(CC[NH+]2CCOCC2)C(c2ccco2)C1=C([O-])c1ccc(F)cc1. The molecule has 1 amide bonds. The lowest BCUT2D eigenvalue weighted by Crippen LogP contribution is -3.14. The van der Waals surface area contributed by atoms with Crippen molar-refractivity contribution in [2.45, 2.75) is 6.04 Å². The molecule has 1 aromatic carbocycles. The van der Waals surface area contributed by atoms with Gasteiger partial charge in [-0.1, -0.05) is 17.9 Å². The Kier molecular flexibility index (Phi) is 5.46. The Morgan fingerprint density at radius 1 is 1.17 bits per heavy atom. The van der Waals surface area contributed by atoms with Crippen LogP contribution in [0.25, 0.3) is 5.76 Å². The van der Waals surface area contributed by atoms with Gasteiger partial charge < -0.3 is 24.1 Å². The molecule has 1 N–H and O–H groups in total. The molecule has 29 heavy (non-hydrogen) atoms. The molecule has 0 radical (unpaired) electrons. The molecule has 152 valence electrons. The minimum absolute atomic E-state index is 0.153. The second-order valence-electron chi connectivity index (χ2n) is 7.11. The van der Waals surface area contributed by atoms with Crippen LogP contribution in [0.2, 0.25) is 0 Å². The van der Waals surface area contributed by atoms with Crippen molar-refractivity contribution in [2.75, 3.05) is 39.4 Å². The van der Waals surface area contributed by atoms with Crippen LogP contribution in [0.15, 0.2) is 52.7 Å². The van der Waals surface area contributed by atoms with Crippen LogP contribution in [0.1, 0.15) is 17.4 Å².